The molecule has 5 nitrogen and oxygen atoms in total. The summed E-state index contributed by atoms with van der Waals surface area (Å²) in [7, 11) is 0. The van der Waals surface area contributed by atoms with Crippen LogP contribution in [0, 0.1) is 5.82 Å². The second kappa shape index (κ2) is 6.29. The molecule has 2 rings (SSSR count). The molecule has 1 aromatic heterocycles. The van der Waals surface area contributed by atoms with Crippen LogP contribution in [0.15, 0.2) is 35.4 Å². The summed E-state index contributed by atoms with van der Waals surface area (Å²) < 4.78 is 15.3. The molecule has 6 heteroatoms. The largest absolute Gasteiger partial charge is 0.361 e. The number of halogens is 1. The number of benzene rings is 1. The average molecular weight is 276 g/mol. The average Bonchev–Trinajstić information content (AvgIpc) is 2.47. The molecule has 0 aliphatic rings. The van der Waals surface area contributed by atoms with Gasteiger partial charge in [0.15, 0.2) is 5.82 Å². The first-order chi connectivity index (χ1) is 9.65. The summed E-state index contributed by atoms with van der Waals surface area (Å²) >= 11 is 0. The van der Waals surface area contributed by atoms with Gasteiger partial charge in [0.05, 0.1) is 0 Å². The maximum absolute atomic E-state index is 13.8. The Morgan fingerprint density at radius 3 is 2.90 bits per heavy atom. The third kappa shape index (κ3) is 3.03. The fraction of sp³-hybridized carbons (Fsp3) is 0.286. The Balaban J connectivity index is 2.15. The van der Waals surface area contributed by atoms with Crippen molar-refractivity contribution >= 4 is 5.82 Å². The van der Waals surface area contributed by atoms with Crippen molar-refractivity contribution in [3.05, 3.63) is 57.9 Å². The molecule has 0 bridgehead atoms. The second-order valence-electron chi connectivity index (χ2n) is 4.35. The monoisotopic (exact) mass is 276 g/mol. The van der Waals surface area contributed by atoms with Crippen LogP contribution in [0.4, 0.5) is 10.2 Å². The molecule has 1 aromatic carbocycles. The highest BCUT2D eigenvalue weighted by Crippen LogP contribution is 2.11. The molecule has 20 heavy (non-hydrogen) atoms. The van der Waals surface area contributed by atoms with Crippen LogP contribution in [-0.4, -0.2) is 9.55 Å². The van der Waals surface area contributed by atoms with Gasteiger partial charge in [-0.05, 0) is 18.6 Å². The number of rotatable bonds is 5. The van der Waals surface area contributed by atoms with E-state index in [2.05, 4.69) is 10.3 Å². The van der Waals surface area contributed by atoms with E-state index in [1.807, 2.05) is 6.92 Å². The van der Waals surface area contributed by atoms with Gasteiger partial charge in [-0.1, -0.05) is 12.1 Å². The van der Waals surface area contributed by atoms with Crippen molar-refractivity contribution in [3.8, 4) is 0 Å². The molecule has 0 fully saturated rings. The summed E-state index contributed by atoms with van der Waals surface area (Å²) in [5, 5.41) is 2.87. The van der Waals surface area contributed by atoms with E-state index in [1.165, 1.54) is 10.6 Å². The number of nitrogens with two attached hydrogens (primary N) is 1. The maximum Gasteiger partial charge on any atom is 0.293 e. The first-order valence-electron chi connectivity index (χ1n) is 6.42. The van der Waals surface area contributed by atoms with E-state index in [0.29, 0.717) is 18.7 Å². The zero-order valence-electron chi connectivity index (χ0n) is 11.3. The van der Waals surface area contributed by atoms with Gasteiger partial charge in [-0.3, -0.25) is 4.79 Å². The molecule has 0 atom stereocenters. The number of anilines is 1. The lowest BCUT2D eigenvalue weighted by atomic mass is 10.1. The molecule has 3 N–H and O–H groups in total. The summed E-state index contributed by atoms with van der Waals surface area (Å²) in [6.45, 7) is 2.94. The van der Waals surface area contributed by atoms with Crippen molar-refractivity contribution in [1.29, 1.82) is 0 Å². The van der Waals surface area contributed by atoms with E-state index >= 15 is 0 Å². The second-order valence-corrected chi connectivity index (χ2v) is 4.35. The Morgan fingerprint density at radius 2 is 2.25 bits per heavy atom. The molecule has 0 aliphatic carbocycles. The Morgan fingerprint density at radius 1 is 1.45 bits per heavy atom. The fourth-order valence-corrected chi connectivity index (χ4v) is 1.86. The minimum absolute atomic E-state index is 0.201. The maximum atomic E-state index is 13.8. The number of hydrogen-bond donors (Lipinski definition) is 2. The minimum Gasteiger partial charge on any atom is -0.361 e. The summed E-state index contributed by atoms with van der Waals surface area (Å²) in [5.41, 5.74) is 6.44. The first kappa shape index (κ1) is 14.2. The van der Waals surface area contributed by atoms with E-state index in [0.717, 1.165) is 5.56 Å². The molecule has 0 aliphatic heterocycles. The number of nitrogens with zero attached hydrogens (tertiary/aromatic N) is 2. The first-order valence-corrected chi connectivity index (χ1v) is 6.42. The zero-order chi connectivity index (χ0) is 14.5. The molecule has 1 heterocycles. The molecular weight excluding hydrogens is 259 g/mol. The molecule has 0 saturated heterocycles. The summed E-state index contributed by atoms with van der Waals surface area (Å²) in [6, 6.07) is 4.83. The van der Waals surface area contributed by atoms with Crippen LogP contribution in [0.5, 0.6) is 0 Å². The third-order valence-corrected chi connectivity index (χ3v) is 3.05. The van der Waals surface area contributed by atoms with Crippen molar-refractivity contribution in [1.82, 2.24) is 9.55 Å². The predicted octanol–water partition coefficient (Wildman–Crippen LogP) is 1.47. The fourth-order valence-electron chi connectivity index (χ4n) is 1.86. The molecule has 0 amide bonds. The predicted molar refractivity (Wildman–Crippen MR) is 75.8 cm³/mol. The number of aryl methyl sites for hydroxylation is 1. The van der Waals surface area contributed by atoms with Gasteiger partial charge in [0, 0.05) is 37.6 Å². The van der Waals surface area contributed by atoms with Crippen LogP contribution in [0.2, 0.25) is 0 Å². The van der Waals surface area contributed by atoms with Gasteiger partial charge in [-0.15, -0.1) is 0 Å². The third-order valence-electron chi connectivity index (χ3n) is 3.05. The van der Waals surface area contributed by atoms with E-state index in [9.17, 15) is 9.18 Å². The lowest BCUT2D eigenvalue weighted by Crippen LogP contribution is -2.23. The highest BCUT2D eigenvalue weighted by Gasteiger charge is 2.06. The van der Waals surface area contributed by atoms with Gasteiger partial charge in [0.25, 0.3) is 5.56 Å². The van der Waals surface area contributed by atoms with Crippen molar-refractivity contribution in [2.24, 2.45) is 5.73 Å². The van der Waals surface area contributed by atoms with Crippen molar-refractivity contribution in [2.75, 3.05) is 5.32 Å². The van der Waals surface area contributed by atoms with Crippen molar-refractivity contribution < 1.29 is 4.39 Å². The summed E-state index contributed by atoms with van der Waals surface area (Å²) in [4.78, 5) is 15.9. The Labute approximate surface area is 116 Å². The molecule has 2 aromatic rings. The number of hydrogen-bond acceptors (Lipinski definition) is 4. The Bertz CT molecular complexity index is 654. The summed E-state index contributed by atoms with van der Waals surface area (Å²) in [5.74, 6) is -0.121. The molecule has 0 radical (unpaired) electrons. The van der Waals surface area contributed by atoms with Gasteiger partial charge >= 0.3 is 0 Å². The molecular formula is C14H17FN4O. The Kier molecular flexibility index (Phi) is 4.47. The van der Waals surface area contributed by atoms with Crippen molar-refractivity contribution in [2.45, 2.75) is 26.6 Å². The minimum atomic E-state index is -0.341. The van der Waals surface area contributed by atoms with Gasteiger partial charge in [-0.25, -0.2) is 9.37 Å². The van der Waals surface area contributed by atoms with Crippen LogP contribution in [0.3, 0.4) is 0 Å². The Hall–Kier alpha value is -2.21. The van der Waals surface area contributed by atoms with Crippen LogP contribution < -0.4 is 16.6 Å². The van der Waals surface area contributed by atoms with E-state index < -0.39 is 0 Å². The molecule has 0 unspecified atom stereocenters. The van der Waals surface area contributed by atoms with Gasteiger partial charge in [-0.2, -0.15) is 0 Å². The van der Waals surface area contributed by atoms with Gasteiger partial charge in [0.1, 0.15) is 5.82 Å². The van der Waals surface area contributed by atoms with Crippen LogP contribution in [0.1, 0.15) is 18.1 Å². The van der Waals surface area contributed by atoms with Gasteiger partial charge < -0.3 is 15.6 Å². The standard InChI is InChI=1S/C14H17FN4O/c1-2-19-6-5-17-13(14(19)20)18-9-11-4-3-10(8-16)7-12(11)15/h3-7H,2,8-9,16H2,1H3,(H,17,18). The van der Waals surface area contributed by atoms with Crippen LogP contribution in [0.25, 0.3) is 0 Å². The van der Waals surface area contributed by atoms with Crippen molar-refractivity contribution in [3.63, 3.8) is 0 Å². The van der Waals surface area contributed by atoms with Gasteiger partial charge in [0.2, 0.25) is 0 Å². The topological polar surface area (TPSA) is 72.9 Å². The van der Waals surface area contributed by atoms with E-state index in [4.69, 9.17) is 5.73 Å². The molecule has 0 saturated carbocycles. The SMILES string of the molecule is CCn1ccnc(NCc2ccc(CN)cc2F)c1=O. The number of nitrogens with one attached hydrogen (secondary N) is 1. The quantitative estimate of drug-likeness (QED) is 0.867. The normalized spacial score (nSPS) is 10.6. The number of aromatic nitrogens is 2. The van der Waals surface area contributed by atoms with Crippen LogP contribution >= 0.6 is 0 Å². The highest BCUT2D eigenvalue weighted by atomic mass is 19.1. The molecule has 0 spiro atoms. The van der Waals surface area contributed by atoms with Crippen LogP contribution in [-0.2, 0) is 19.6 Å². The lowest BCUT2D eigenvalue weighted by Gasteiger charge is -2.09. The zero-order valence-corrected chi connectivity index (χ0v) is 11.3. The summed E-state index contributed by atoms with van der Waals surface area (Å²) in [6.07, 6.45) is 3.16. The lowest BCUT2D eigenvalue weighted by molar-refractivity contribution is 0.610. The molecule has 106 valence electrons. The highest BCUT2D eigenvalue weighted by molar-refractivity contribution is 5.34. The van der Waals surface area contributed by atoms with E-state index in [1.54, 1.807) is 24.5 Å². The smallest absolute Gasteiger partial charge is 0.293 e. The van der Waals surface area contributed by atoms with E-state index in [-0.39, 0.29) is 23.7 Å².